The van der Waals surface area contributed by atoms with E-state index in [1.165, 1.54) is 0 Å². The molecule has 0 radical (unpaired) electrons. The zero-order valence-corrected chi connectivity index (χ0v) is 11.2. The normalized spacial score (nSPS) is 12.7. The number of aryl methyl sites for hydroxylation is 3. The minimum Gasteiger partial charge on any atom is -0.382 e. The van der Waals surface area contributed by atoms with E-state index in [4.69, 9.17) is 0 Å². The summed E-state index contributed by atoms with van der Waals surface area (Å²) in [6.45, 7) is 7.01. The molecule has 0 aliphatic heterocycles. The first kappa shape index (κ1) is 12.8. The fraction of sp³-hybridized carbons (Fsp3) is 0.400. The van der Waals surface area contributed by atoms with Crippen LogP contribution in [-0.2, 0) is 6.54 Å². The van der Waals surface area contributed by atoms with Gasteiger partial charge in [0, 0.05) is 12.7 Å². The molecule has 0 fully saturated rings. The molecule has 0 spiro atoms. The van der Waals surface area contributed by atoms with E-state index in [9.17, 15) is 5.11 Å². The van der Waals surface area contributed by atoms with Gasteiger partial charge in [0.25, 0.3) is 0 Å². The largest absolute Gasteiger partial charge is 0.382 e. The molecule has 0 amide bonds. The summed E-state index contributed by atoms with van der Waals surface area (Å²) in [4.78, 5) is 0. The highest BCUT2D eigenvalue weighted by molar-refractivity contribution is 5.35. The van der Waals surface area contributed by atoms with Crippen molar-refractivity contribution in [1.82, 2.24) is 9.78 Å². The van der Waals surface area contributed by atoms with Crippen LogP contribution in [0, 0.1) is 13.8 Å². The Kier molecular flexibility index (Phi) is 3.82. The molecule has 3 nitrogen and oxygen atoms in total. The van der Waals surface area contributed by atoms with Crippen LogP contribution in [0.5, 0.6) is 0 Å². The van der Waals surface area contributed by atoms with E-state index in [2.05, 4.69) is 24.2 Å². The lowest BCUT2D eigenvalue weighted by Crippen LogP contribution is -2.11. The van der Waals surface area contributed by atoms with Crippen LogP contribution in [0.2, 0.25) is 0 Å². The quantitative estimate of drug-likeness (QED) is 0.897. The maximum atomic E-state index is 10.5. The maximum absolute atomic E-state index is 10.5. The molecule has 0 bridgehead atoms. The lowest BCUT2D eigenvalue weighted by Gasteiger charge is -2.16. The van der Waals surface area contributed by atoms with E-state index in [-0.39, 0.29) is 0 Å². The fourth-order valence-electron chi connectivity index (χ4n) is 2.19. The number of rotatable bonds is 4. The van der Waals surface area contributed by atoms with Crippen LogP contribution in [0.25, 0.3) is 0 Å². The van der Waals surface area contributed by atoms with Crippen molar-refractivity contribution >= 4 is 0 Å². The van der Waals surface area contributed by atoms with Gasteiger partial charge in [-0.1, -0.05) is 30.7 Å². The molecule has 0 saturated carbocycles. The molecule has 1 unspecified atom stereocenters. The van der Waals surface area contributed by atoms with E-state index in [1.54, 1.807) is 6.20 Å². The maximum Gasteiger partial charge on any atom is 0.121 e. The zero-order chi connectivity index (χ0) is 13.1. The number of benzene rings is 1. The highest BCUT2D eigenvalue weighted by atomic mass is 16.3. The molecule has 2 aromatic rings. The van der Waals surface area contributed by atoms with Crippen molar-refractivity contribution in [3.63, 3.8) is 0 Å². The van der Waals surface area contributed by atoms with Crippen molar-refractivity contribution in [2.45, 2.75) is 39.8 Å². The van der Waals surface area contributed by atoms with Gasteiger partial charge in [0.15, 0.2) is 0 Å². The molecule has 1 aromatic carbocycles. The molecule has 0 aliphatic carbocycles. The van der Waals surface area contributed by atoms with Crippen LogP contribution in [0.1, 0.15) is 41.8 Å². The third-order valence-corrected chi connectivity index (χ3v) is 3.19. The van der Waals surface area contributed by atoms with Gasteiger partial charge >= 0.3 is 0 Å². The Morgan fingerprint density at radius 2 is 2.06 bits per heavy atom. The summed E-state index contributed by atoms with van der Waals surface area (Å²) in [6.07, 6.45) is 2.16. The first-order chi connectivity index (χ1) is 8.63. The summed E-state index contributed by atoms with van der Waals surface area (Å²) in [5, 5.41) is 14.8. The molecule has 0 saturated heterocycles. The molecular weight excluding hydrogens is 224 g/mol. The van der Waals surface area contributed by atoms with E-state index in [0.29, 0.717) is 0 Å². The average molecular weight is 244 g/mol. The van der Waals surface area contributed by atoms with Crippen molar-refractivity contribution in [3.05, 3.63) is 52.8 Å². The minimum atomic E-state index is -0.598. The molecule has 3 heteroatoms. The predicted molar refractivity (Wildman–Crippen MR) is 72.5 cm³/mol. The Hall–Kier alpha value is -1.61. The van der Waals surface area contributed by atoms with Crippen LogP contribution in [0.4, 0.5) is 0 Å². The predicted octanol–water partition coefficient (Wildman–Crippen LogP) is 2.99. The third-order valence-electron chi connectivity index (χ3n) is 3.19. The molecule has 0 aliphatic rings. The standard InChI is InChI=1S/C15H20N2O/c1-4-9-17-14(7-8-16-17)15(18)13-10-11(2)5-6-12(13)3/h5-8,10,15,18H,4,9H2,1-3H3. The SMILES string of the molecule is CCCn1nccc1C(O)c1cc(C)ccc1C. The van der Waals surface area contributed by atoms with Crippen molar-refractivity contribution in [1.29, 1.82) is 0 Å². The van der Waals surface area contributed by atoms with Crippen LogP contribution >= 0.6 is 0 Å². The van der Waals surface area contributed by atoms with Crippen molar-refractivity contribution in [3.8, 4) is 0 Å². The minimum absolute atomic E-state index is 0.598. The molecule has 1 heterocycles. The fourth-order valence-corrected chi connectivity index (χ4v) is 2.19. The van der Waals surface area contributed by atoms with Gasteiger partial charge in [-0.3, -0.25) is 4.68 Å². The Morgan fingerprint density at radius 1 is 1.28 bits per heavy atom. The van der Waals surface area contributed by atoms with Gasteiger partial charge in [-0.2, -0.15) is 5.10 Å². The summed E-state index contributed by atoms with van der Waals surface area (Å²) in [5.74, 6) is 0. The summed E-state index contributed by atoms with van der Waals surface area (Å²) in [7, 11) is 0. The van der Waals surface area contributed by atoms with Crippen molar-refractivity contribution in [2.75, 3.05) is 0 Å². The molecule has 1 aromatic heterocycles. The highest BCUT2D eigenvalue weighted by Crippen LogP contribution is 2.25. The van der Waals surface area contributed by atoms with Gasteiger partial charge in [0.05, 0.1) is 5.69 Å². The summed E-state index contributed by atoms with van der Waals surface area (Å²) in [5.41, 5.74) is 4.10. The molecular formula is C15H20N2O. The summed E-state index contributed by atoms with van der Waals surface area (Å²) in [6, 6.07) is 8.05. The van der Waals surface area contributed by atoms with E-state index in [0.717, 1.165) is 35.3 Å². The van der Waals surface area contributed by atoms with Gasteiger partial charge in [-0.05, 0) is 37.5 Å². The van der Waals surface area contributed by atoms with Gasteiger partial charge in [-0.15, -0.1) is 0 Å². The second-order valence-electron chi connectivity index (χ2n) is 4.74. The van der Waals surface area contributed by atoms with E-state index in [1.807, 2.05) is 30.7 Å². The lowest BCUT2D eigenvalue weighted by atomic mass is 9.99. The van der Waals surface area contributed by atoms with Crippen molar-refractivity contribution < 1.29 is 5.11 Å². The molecule has 1 N–H and O–H groups in total. The Bertz CT molecular complexity index is 531. The van der Waals surface area contributed by atoms with Crippen LogP contribution < -0.4 is 0 Å². The number of hydrogen-bond acceptors (Lipinski definition) is 2. The van der Waals surface area contributed by atoms with Crippen LogP contribution in [0.3, 0.4) is 0 Å². The second-order valence-corrected chi connectivity index (χ2v) is 4.74. The van der Waals surface area contributed by atoms with E-state index < -0.39 is 6.10 Å². The van der Waals surface area contributed by atoms with Gasteiger partial charge in [-0.25, -0.2) is 0 Å². The topological polar surface area (TPSA) is 38.0 Å². The van der Waals surface area contributed by atoms with Crippen molar-refractivity contribution in [2.24, 2.45) is 0 Å². The lowest BCUT2D eigenvalue weighted by molar-refractivity contribution is 0.206. The van der Waals surface area contributed by atoms with E-state index >= 15 is 0 Å². The van der Waals surface area contributed by atoms with Gasteiger partial charge in [0.2, 0.25) is 0 Å². The average Bonchev–Trinajstić information content (AvgIpc) is 2.80. The Morgan fingerprint density at radius 3 is 2.78 bits per heavy atom. The third kappa shape index (κ3) is 2.46. The highest BCUT2D eigenvalue weighted by Gasteiger charge is 2.17. The number of aliphatic hydroxyl groups excluding tert-OH is 1. The van der Waals surface area contributed by atoms with Gasteiger partial charge in [0.1, 0.15) is 6.10 Å². The number of aromatic nitrogens is 2. The zero-order valence-electron chi connectivity index (χ0n) is 11.2. The number of nitrogens with zero attached hydrogens (tertiary/aromatic N) is 2. The molecule has 18 heavy (non-hydrogen) atoms. The molecule has 96 valence electrons. The van der Waals surface area contributed by atoms with Crippen LogP contribution in [0.15, 0.2) is 30.5 Å². The number of hydrogen-bond donors (Lipinski definition) is 1. The van der Waals surface area contributed by atoms with Crippen LogP contribution in [-0.4, -0.2) is 14.9 Å². The number of aliphatic hydroxyl groups is 1. The molecule has 2 rings (SSSR count). The first-order valence-corrected chi connectivity index (χ1v) is 6.40. The Labute approximate surface area is 108 Å². The smallest absolute Gasteiger partial charge is 0.121 e. The summed E-state index contributed by atoms with van der Waals surface area (Å²) >= 11 is 0. The molecule has 1 atom stereocenters. The monoisotopic (exact) mass is 244 g/mol. The summed E-state index contributed by atoms with van der Waals surface area (Å²) < 4.78 is 1.88. The van der Waals surface area contributed by atoms with Gasteiger partial charge < -0.3 is 5.11 Å². The Balaban J connectivity index is 2.38. The first-order valence-electron chi connectivity index (χ1n) is 6.40. The second kappa shape index (κ2) is 5.36.